The van der Waals surface area contributed by atoms with Crippen LogP contribution in [0.25, 0.3) is 0 Å². The van der Waals surface area contributed by atoms with E-state index in [0.717, 1.165) is 43.7 Å². The molecule has 0 saturated carbocycles. The Bertz CT molecular complexity index is 409. The molecular formula is C11H19N5S2. The van der Waals surface area contributed by atoms with Crippen LogP contribution in [0.3, 0.4) is 0 Å². The number of rotatable bonds is 4. The molecule has 100 valence electrons. The number of thiocarbonyl (C=S) groups is 1. The predicted octanol–water partition coefficient (Wildman–Crippen LogP) is 1.07. The number of anilines is 1. The SMILES string of the molecule is CC(C)c1nsc(N2CCN(CC(N)=S)CC2)n1. The molecule has 1 aliphatic rings. The van der Waals surface area contributed by atoms with Crippen LogP contribution in [-0.4, -0.2) is 52.0 Å². The van der Waals surface area contributed by atoms with Crippen LogP contribution in [-0.2, 0) is 0 Å². The second kappa shape index (κ2) is 5.90. The summed E-state index contributed by atoms with van der Waals surface area (Å²) in [6, 6.07) is 0. The number of aromatic nitrogens is 2. The largest absolute Gasteiger partial charge is 0.392 e. The summed E-state index contributed by atoms with van der Waals surface area (Å²) in [6.45, 7) is 8.85. The Hall–Kier alpha value is -0.790. The van der Waals surface area contributed by atoms with Gasteiger partial charge in [0.25, 0.3) is 0 Å². The van der Waals surface area contributed by atoms with Gasteiger partial charge in [-0.05, 0) is 0 Å². The lowest BCUT2D eigenvalue weighted by Gasteiger charge is -2.33. The summed E-state index contributed by atoms with van der Waals surface area (Å²) in [5.74, 6) is 1.34. The average Bonchev–Trinajstić information content (AvgIpc) is 2.78. The maximum atomic E-state index is 5.56. The highest BCUT2D eigenvalue weighted by Crippen LogP contribution is 2.22. The molecule has 0 radical (unpaired) electrons. The summed E-state index contributed by atoms with van der Waals surface area (Å²) < 4.78 is 4.39. The molecule has 2 N–H and O–H groups in total. The summed E-state index contributed by atoms with van der Waals surface area (Å²) in [5.41, 5.74) is 5.56. The first kappa shape index (κ1) is 13.6. The number of nitrogens with zero attached hydrogens (tertiary/aromatic N) is 4. The summed E-state index contributed by atoms with van der Waals surface area (Å²) in [7, 11) is 0. The first-order valence-corrected chi connectivity index (χ1v) is 7.33. The van der Waals surface area contributed by atoms with Crippen molar-refractivity contribution in [3.8, 4) is 0 Å². The molecule has 0 bridgehead atoms. The smallest absolute Gasteiger partial charge is 0.205 e. The minimum Gasteiger partial charge on any atom is -0.392 e. The molecule has 1 fully saturated rings. The third-order valence-electron chi connectivity index (χ3n) is 2.97. The monoisotopic (exact) mass is 285 g/mol. The van der Waals surface area contributed by atoms with Crippen molar-refractivity contribution in [3.63, 3.8) is 0 Å². The van der Waals surface area contributed by atoms with Gasteiger partial charge < -0.3 is 10.6 Å². The van der Waals surface area contributed by atoms with Crippen LogP contribution in [0.1, 0.15) is 25.6 Å². The Labute approximate surface area is 117 Å². The fraction of sp³-hybridized carbons (Fsp3) is 0.727. The molecule has 0 atom stereocenters. The molecule has 0 amide bonds. The van der Waals surface area contributed by atoms with E-state index < -0.39 is 0 Å². The van der Waals surface area contributed by atoms with Gasteiger partial charge in [-0.15, -0.1) is 0 Å². The third kappa shape index (κ3) is 3.37. The van der Waals surface area contributed by atoms with Gasteiger partial charge in [-0.2, -0.15) is 4.37 Å². The fourth-order valence-electron chi connectivity index (χ4n) is 1.91. The minimum atomic E-state index is 0.394. The van der Waals surface area contributed by atoms with Gasteiger partial charge >= 0.3 is 0 Å². The normalized spacial score (nSPS) is 17.4. The zero-order chi connectivity index (χ0) is 13.1. The second-order valence-electron chi connectivity index (χ2n) is 4.82. The van der Waals surface area contributed by atoms with Crippen LogP contribution in [0.4, 0.5) is 5.13 Å². The summed E-state index contributed by atoms with van der Waals surface area (Å²) in [5, 5.41) is 1.04. The Balaban J connectivity index is 1.90. The van der Waals surface area contributed by atoms with Crippen molar-refractivity contribution in [2.75, 3.05) is 37.6 Å². The van der Waals surface area contributed by atoms with E-state index in [2.05, 4.69) is 33.0 Å². The molecule has 1 aromatic heterocycles. The lowest BCUT2D eigenvalue weighted by atomic mass is 10.2. The van der Waals surface area contributed by atoms with Crippen molar-refractivity contribution in [3.05, 3.63) is 5.82 Å². The van der Waals surface area contributed by atoms with Crippen LogP contribution in [0.2, 0.25) is 0 Å². The molecule has 0 aliphatic carbocycles. The maximum Gasteiger partial charge on any atom is 0.205 e. The lowest BCUT2D eigenvalue weighted by Crippen LogP contribution is -2.48. The zero-order valence-electron chi connectivity index (χ0n) is 10.8. The third-order valence-corrected chi connectivity index (χ3v) is 3.89. The molecule has 0 aromatic carbocycles. The van der Waals surface area contributed by atoms with Crippen LogP contribution < -0.4 is 10.6 Å². The van der Waals surface area contributed by atoms with Gasteiger partial charge in [-0.1, -0.05) is 26.1 Å². The zero-order valence-corrected chi connectivity index (χ0v) is 12.4. The van der Waals surface area contributed by atoms with Crippen molar-refractivity contribution in [1.82, 2.24) is 14.3 Å². The quantitative estimate of drug-likeness (QED) is 0.835. The Morgan fingerprint density at radius 3 is 2.56 bits per heavy atom. The first-order chi connectivity index (χ1) is 8.56. The van der Waals surface area contributed by atoms with Gasteiger partial charge in [0, 0.05) is 50.2 Å². The first-order valence-electron chi connectivity index (χ1n) is 6.15. The van der Waals surface area contributed by atoms with Crippen molar-refractivity contribution in [2.45, 2.75) is 19.8 Å². The molecule has 0 spiro atoms. The number of hydrogen-bond acceptors (Lipinski definition) is 6. The number of nitrogens with two attached hydrogens (primary N) is 1. The lowest BCUT2D eigenvalue weighted by molar-refractivity contribution is 0.292. The van der Waals surface area contributed by atoms with E-state index in [1.54, 1.807) is 0 Å². The maximum absolute atomic E-state index is 5.56. The highest BCUT2D eigenvalue weighted by molar-refractivity contribution is 7.80. The Morgan fingerprint density at radius 1 is 1.39 bits per heavy atom. The van der Waals surface area contributed by atoms with Gasteiger partial charge in [-0.25, -0.2) is 4.98 Å². The molecule has 18 heavy (non-hydrogen) atoms. The van der Waals surface area contributed by atoms with Gasteiger partial charge in [0.05, 0.1) is 4.99 Å². The van der Waals surface area contributed by atoms with Crippen molar-refractivity contribution >= 4 is 33.9 Å². The van der Waals surface area contributed by atoms with E-state index in [1.807, 2.05) is 0 Å². The number of piperazine rings is 1. The minimum absolute atomic E-state index is 0.394. The van der Waals surface area contributed by atoms with Gasteiger partial charge in [-0.3, -0.25) is 4.90 Å². The van der Waals surface area contributed by atoms with Crippen LogP contribution >= 0.6 is 23.8 Å². The predicted molar refractivity (Wildman–Crippen MR) is 79.4 cm³/mol. The van der Waals surface area contributed by atoms with E-state index >= 15 is 0 Å². The molecule has 0 unspecified atom stereocenters. The summed E-state index contributed by atoms with van der Waals surface area (Å²) >= 11 is 6.43. The molecule has 2 heterocycles. The molecule has 7 heteroatoms. The second-order valence-corrected chi connectivity index (χ2v) is 6.07. The fourth-order valence-corrected chi connectivity index (χ4v) is 2.95. The molecule has 1 saturated heterocycles. The summed E-state index contributed by atoms with van der Waals surface area (Å²) in [4.78, 5) is 9.73. The molecule has 1 aromatic rings. The van der Waals surface area contributed by atoms with Crippen LogP contribution in [0, 0.1) is 0 Å². The van der Waals surface area contributed by atoms with E-state index in [9.17, 15) is 0 Å². The van der Waals surface area contributed by atoms with Crippen LogP contribution in [0.5, 0.6) is 0 Å². The van der Waals surface area contributed by atoms with Crippen molar-refractivity contribution in [1.29, 1.82) is 0 Å². The van der Waals surface area contributed by atoms with Crippen molar-refractivity contribution in [2.24, 2.45) is 5.73 Å². The van der Waals surface area contributed by atoms with Gasteiger partial charge in [0.15, 0.2) is 0 Å². The van der Waals surface area contributed by atoms with E-state index in [0.29, 0.717) is 10.9 Å². The molecule has 2 rings (SSSR count). The van der Waals surface area contributed by atoms with E-state index in [-0.39, 0.29) is 0 Å². The molecule has 1 aliphatic heterocycles. The number of hydrogen-bond donors (Lipinski definition) is 1. The molecular weight excluding hydrogens is 266 g/mol. The van der Waals surface area contributed by atoms with Crippen LogP contribution in [0.15, 0.2) is 0 Å². The highest BCUT2D eigenvalue weighted by atomic mass is 32.1. The highest BCUT2D eigenvalue weighted by Gasteiger charge is 2.20. The topological polar surface area (TPSA) is 58.3 Å². The Kier molecular flexibility index (Phi) is 4.47. The average molecular weight is 285 g/mol. The van der Waals surface area contributed by atoms with E-state index in [4.69, 9.17) is 18.0 Å². The van der Waals surface area contributed by atoms with E-state index in [1.165, 1.54) is 11.5 Å². The molecule has 5 nitrogen and oxygen atoms in total. The summed E-state index contributed by atoms with van der Waals surface area (Å²) in [6.07, 6.45) is 0. The van der Waals surface area contributed by atoms with Crippen molar-refractivity contribution < 1.29 is 0 Å². The standard InChI is InChI=1S/C11H19N5S2/c1-8(2)10-13-11(18-14-10)16-5-3-15(4-6-16)7-9(12)17/h8H,3-7H2,1-2H3,(H2,12,17). The van der Waals surface area contributed by atoms with Gasteiger partial charge in [0.1, 0.15) is 5.82 Å². The Morgan fingerprint density at radius 2 is 2.06 bits per heavy atom. The van der Waals surface area contributed by atoms with Gasteiger partial charge in [0.2, 0.25) is 5.13 Å².